The summed E-state index contributed by atoms with van der Waals surface area (Å²) >= 11 is 0. The number of amides is 2. The number of carbonyl (C=O) groups excluding carboxylic acids is 2. The summed E-state index contributed by atoms with van der Waals surface area (Å²) in [7, 11) is 0. The highest BCUT2D eigenvalue weighted by Crippen LogP contribution is 2.32. The topological polar surface area (TPSA) is 40.6 Å². The molecule has 4 heteroatoms. The first-order valence-corrected chi connectivity index (χ1v) is 7.14. The van der Waals surface area contributed by atoms with Gasteiger partial charge in [-0.1, -0.05) is 19.8 Å². The van der Waals surface area contributed by atoms with E-state index in [1.165, 1.54) is 25.7 Å². The molecule has 0 N–H and O–H groups in total. The van der Waals surface area contributed by atoms with Crippen LogP contribution in [0.25, 0.3) is 0 Å². The quantitative estimate of drug-likeness (QED) is 0.747. The molecule has 2 aliphatic rings. The number of nitrogens with zero attached hydrogens (tertiary/aromatic N) is 2. The Labute approximate surface area is 109 Å². The van der Waals surface area contributed by atoms with E-state index in [0.29, 0.717) is 38.0 Å². The van der Waals surface area contributed by atoms with Crippen LogP contribution in [0.1, 0.15) is 39.5 Å². The minimum absolute atomic E-state index is 0.117. The van der Waals surface area contributed by atoms with Crippen molar-refractivity contribution in [3.05, 3.63) is 0 Å². The lowest BCUT2D eigenvalue weighted by molar-refractivity contribution is -0.142. The first kappa shape index (κ1) is 13.4. The van der Waals surface area contributed by atoms with Crippen LogP contribution in [0, 0.1) is 11.8 Å². The third-order valence-electron chi connectivity index (χ3n) is 4.53. The molecule has 4 nitrogen and oxygen atoms in total. The van der Waals surface area contributed by atoms with Crippen LogP contribution in [0.3, 0.4) is 0 Å². The van der Waals surface area contributed by atoms with Crippen molar-refractivity contribution in [3.63, 3.8) is 0 Å². The monoisotopic (exact) mass is 252 g/mol. The maximum atomic E-state index is 12.4. The van der Waals surface area contributed by atoms with Crippen LogP contribution in [0.4, 0.5) is 0 Å². The van der Waals surface area contributed by atoms with Gasteiger partial charge in [-0.25, -0.2) is 0 Å². The molecular weight excluding hydrogens is 228 g/mol. The molecule has 18 heavy (non-hydrogen) atoms. The van der Waals surface area contributed by atoms with Crippen LogP contribution in [-0.4, -0.2) is 47.8 Å². The summed E-state index contributed by atoms with van der Waals surface area (Å²) in [5, 5.41) is 0. The largest absolute Gasteiger partial charge is 0.339 e. The van der Waals surface area contributed by atoms with Crippen molar-refractivity contribution in [2.75, 3.05) is 26.2 Å². The van der Waals surface area contributed by atoms with Crippen LogP contribution in [0.5, 0.6) is 0 Å². The van der Waals surface area contributed by atoms with Crippen molar-refractivity contribution in [1.29, 1.82) is 0 Å². The van der Waals surface area contributed by atoms with Gasteiger partial charge in [0, 0.05) is 39.0 Å². The van der Waals surface area contributed by atoms with Crippen LogP contribution >= 0.6 is 0 Å². The van der Waals surface area contributed by atoms with E-state index in [1.54, 1.807) is 6.92 Å². The van der Waals surface area contributed by atoms with E-state index in [9.17, 15) is 9.59 Å². The molecule has 1 aliphatic carbocycles. The lowest BCUT2D eigenvalue weighted by atomic mass is 9.91. The van der Waals surface area contributed by atoms with E-state index in [2.05, 4.69) is 6.92 Å². The van der Waals surface area contributed by atoms with E-state index in [-0.39, 0.29) is 11.8 Å². The fraction of sp³-hybridized carbons (Fsp3) is 0.857. The molecule has 2 rings (SSSR count). The van der Waals surface area contributed by atoms with Gasteiger partial charge in [0.05, 0.1) is 0 Å². The molecule has 0 spiro atoms. The molecule has 0 bridgehead atoms. The van der Waals surface area contributed by atoms with Crippen LogP contribution < -0.4 is 0 Å². The standard InChI is InChI=1S/C14H24N2O2/c1-11(13-5-3-4-6-13)14(18)16-9-7-15(8-10-16)12(2)17/h11,13H,3-10H2,1-2H3. The molecule has 1 aliphatic heterocycles. The molecule has 2 amide bonds. The molecule has 0 aromatic heterocycles. The summed E-state index contributed by atoms with van der Waals surface area (Å²) in [5.41, 5.74) is 0. The van der Waals surface area contributed by atoms with Crippen molar-refractivity contribution in [2.24, 2.45) is 11.8 Å². The smallest absolute Gasteiger partial charge is 0.225 e. The van der Waals surface area contributed by atoms with Gasteiger partial charge in [0.2, 0.25) is 11.8 Å². The highest BCUT2D eigenvalue weighted by molar-refractivity contribution is 5.79. The summed E-state index contributed by atoms with van der Waals surface area (Å²) in [4.78, 5) is 27.4. The minimum atomic E-state index is 0.117. The molecule has 2 fully saturated rings. The highest BCUT2D eigenvalue weighted by Gasteiger charge is 2.31. The SMILES string of the molecule is CC(=O)N1CCN(C(=O)C(C)C2CCCC2)CC1. The fourth-order valence-electron chi connectivity index (χ4n) is 3.19. The molecule has 1 unspecified atom stereocenters. The lowest BCUT2D eigenvalue weighted by Crippen LogP contribution is -2.51. The molecule has 102 valence electrons. The van der Waals surface area contributed by atoms with Gasteiger partial charge in [0.25, 0.3) is 0 Å². The van der Waals surface area contributed by atoms with Crippen LogP contribution in [0.2, 0.25) is 0 Å². The van der Waals surface area contributed by atoms with Crippen molar-refractivity contribution >= 4 is 11.8 Å². The van der Waals surface area contributed by atoms with Gasteiger partial charge in [-0.05, 0) is 18.8 Å². The van der Waals surface area contributed by atoms with Crippen molar-refractivity contribution < 1.29 is 9.59 Å². The lowest BCUT2D eigenvalue weighted by Gasteiger charge is -2.36. The molecule has 1 heterocycles. The number of piperazine rings is 1. The van der Waals surface area contributed by atoms with Crippen LogP contribution in [0.15, 0.2) is 0 Å². The number of hydrogen-bond donors (Lipinski definition) is 0. The third-order valence-corrected chi connectivity index (χ3v) is 4.53. The van der Waals surface area contributed by atoms with E-state index in [1.807, 2.05) is 9.80 Å². The van der Waals surface area contributed by atoms with Gasteiger partial charge in [-0.15, -0.1) is 0 Å². The van der Waals surface area contributed by atoms with Gasteiger partial charge in [-0.3, -0.25) is 9.59 Å². The molecule has 0 aromatic rings. The third kappa shape index (κ3) is 2.85. The summed E-state index contributed by atoms with van der Waals surface area (Å²) in [5.74, 6) is 1.16. The van der Waals surface area contributed by atoms with E-state index >= 15 is 0 Å². The zero-order chi connectivity index (χ0) is 13.1. The average Bonchev–Trinajstić information content (AvgIpc) is 2.91. The minimum Gasteiger partial charge on any atom is -0.339 e. The summed E-state index contributed by atoms with van der Waals surface area (Å²) < 4.78 is 0. The van der Waals surface area contributed by atoms with Gasteiger partial charge < -0.3 is 9.80 Å². The second-order valence-corrected chi connectivity index (χ2v) is 5.66. The van der Waals surface area contributed by atoms with Gasteiger partial charge in [0.15, 0.2) is 0 Å². The molecule has 0 radical (unpaired) electrons. The Morgan fingerprint density at radius 3 is 2.00 bits per heavy atom. The second kappa shape index (κ2) is 5.72. The van der Waals surface area contributed by atoms with E-state index < -0.39 is 0 Å². The molecule has 1 saturated carbocycles. The van der Waals surface area contributed by atoms with Gasteiger partial charge >= 0.3 is 0 Å². The maximum absolute atomic E-state index is 12.4. The molecular formula is C14H24N2O2. The van der Waals surface area contributed by atoms with Gasteiger partial charge in [0.1, 0.15) is 0 Å². The van der Waals surface area contributed by atoms with E-state index in [4.69, 9.17) is 0 Å². The molecule has 0 aromatic carbocycles. The Morgan fingerprint density at radius 1 is 1.00 bits per heavy atom. The second-order valence-electron chi connectivity index (χ2n) is 5.66. The van der Waals surface area contributed by atoms with E-state index in [0.717, 1.165) is 0 Å². The average molecular weight is 252 g/mol. The summed E-state index contributed by atoms with van der Waals surface area (Å²) in [6.07, 6.45) is 4.97. The zero-order valence-electron chi connectivity index (χ0n) is 11.5. The predicted molar refractivity (Wildman–Crippen MR) is 70.0 cm³/mol. The summed E-state index contributed by atoms with van der Waals surface area (Å²) in [6.45, 7) is 6.47. The van der Waals surface area contributed by atoms with Crippen molar-refractivity contribution in [1.82, 2.24) is 9.80 Å². The predicted octanol–water partition coefficient (Wildman–Crippen LogP) is 1.50. The Hall–Kier alpha value is -1.06. The first-order valence-electron chi connectivity index (χ1n) is 7.14. The molecule has 1 atom stereocenters. The Kier molecular flexibility index (Phi) is 4.25. The normalized spacial score (nSPS) is 23.2. The Morgan fingerprint density at radius 2 is 1.50 bits per heavy atom. The highest BCUT2D eigenvalue weighted by atomic mass is 16.2. The number of hydrogen-bond acceptors (Lipinski definition) is 2. The van der Waals surface area contributed by atoms with Gasteiger partial charge in [-0.2, -0.15) is 0 Å². The van der Waals surface area contributed by atoms with Crippen LogP contribution in [-0.2, 0) is 9.59 Å². The van der Waals surface area contributed by atoms with Crippen molar-refractivity contribution in [2.45, 2.75) is 39.5 Å². The maximum Gasteiger partial charge on any atom is 0.225 e. The number of carbonyl (C=O) groups is 2. The Bertz CT molecular complexity index is 316. The number of rotatable bonds is 2. The Balaban J connectivity index is 1.85. The van der Waals surface area contributed by atoms with Crippen molar-refractivity contribution in [3.8, 4) is 0 Å². The summed E-state index contributed by atoms with van der Waals surface area (Å²) in [6, 6.07) is 0. The fourth-order valence-corrected chi connectivity index (χ4v) is 3.19. The zero-order valence-corrected chi connectivity index (χ0v) is 11.5. The first-order chi connectivity index (χ1) is 8.59. The molecule has 1 saturated heterocycles.